The Labute approximate surface area is 102 Å². The average molecular weight is 236 g/mol. The number of nitrogen functional groups attached to an aromatic ring is 2. The van der Waals surface area contributed by atoms with E-state index in [0.29, 0.717) is 11.5 Å². The van der Waals surface area contributed by atoms with Crippen molar-refractivity contribution in [2.45, 2.75) is 12.8 Å². The van der Waals surface area contributed by atoms with Crippen molar-refractivity contribution in [1.29, 1.82) is 0 Å². The zero-order valence-electron chi connectivity index (χ0n) is 10.2. The number of nitrogens with two attached hydrogens (primary N) is 2. The van der Waals surface area contributed by atoms with Gasteiger partial charge in [-0.25, -0.2) is 4.98 Å². The van der Waals surface area contributed by atoms with E-state index in [1.807, 2.05) is 18.0 Å². The zero-order chi connectivity index (χ0) is 12.3. The molecule has 0 unspecified atom stereocenters. The fourth-order valence-electron chi connectivity index (χ4n) is 1.54. The van der Waals surface area contributed by atoms with E-state index in [-0.39, 0.29) is 0 Å². The summed E-state index contributed by atoms with van der Waals surface area (Å²) in [4.78, 5) is 6.24. The summed E-state index contributed by atoms with van der Waals surface area (Å²) in [6.07, 6.45) is 2.65. The maximum atomic E-state index is 5.67. The fourth-order valence-corrected chi connectivity index (χ4v) is 1.54. The second-order valence-electron chi connectivity index (χ2n) is 4.58. The van der Waals surface area contributed by atoms with Crippen molar-refractivity contribution >= 4 is 17.3 Å². The molecule has 0 saturated heterocycles. The van der Waals surface area contributed by atoms with Crippen molar-refractivity contribution < 1.29 is 4.74 Å². The molecule has 0 amide bonds. The van der Waals surface area contributed by atoms with Crippen LogP contribution in [0.2, 0.25) is 0 Å². The van der Waals surface area contributed by atoms with E-state index >= 15 is 0 Å². The predicted octanol–water partition coefficient (Wildman–Crippen LogP) is 1.11. The molecule has 0 aliphatic heterocycles. The number of ether oxygens (including phenoxy) is 1. The Balaban J connectivity index is 1.76. The van der Waals surface area contributed by atoms with E-state index in [1.165, 1.54) is 12.8 Å². The highest BCUT2D eigenvalue weighted by Gasteiger charge is 2.20. The van der Waals surface area contributed by atoms with Crippen LogP contribution in [0.4, 0.5) is 17.3 Å². The van der Waals surface area contributed by atoms with Crippen molar-refractivity contribution in [3.63, 3.8) is 0 Å². The second-order valence-corrected chi connectivity index (χ2v) is 4.58. The highest BCUT2D eigenvalue weighted by Crippen LogP contribution is 2.28. The Bertz CT molecular complexity index is 379. The summed E-state index contributed by atoms with van der Waals surface area (Å²) in [6.45, 7) is 2.42. The summed E-state index contributed by atoms with van der Waals surface area (Å²) < 4.78 is 5.58. The molecule has 94 valence electrons. The van der Waals surface area contributed by atoms with Gasteiger partial charge in [0.1, 0.15) is 11.6 Å². The molecule has 0 radical (unpaired) electrons. The van der Waals surface area contributed by atoms with Crippen molar-refractivity contribution in [3.8, 4) is 0 Å². The van der Waals surface area contributed by atoms with Crippen LogP contribution in [-0.4, -0.2) is 31.8 Å². The number of pyridine rings is 1. The molecule has 1 heterocycles. The van der Waals surface area contributed by atoms with Gasteiger partial charge in [0, 0.05) is 20.2 Å². The van der Waals surface area contributed by atoms with Gasteiger partial charge >= 0.3 is 0 Å². The van der Waals surface area contributed by atoms with E-state index < -0.39 is 0 Å². The van der Waals surface area contributed by atoms with E-state index in [4.69, 9.17) is 16.2 Å². The van der Waals surface area contributed by atoms with Gasteiger partial charge in [-0.05, 0) is 30.9 Å². The van der Waals surface area contributed by atoms with E-state index in [0.717, 1.165) is 31.5 Å². The van der Waals surface area contributed by atoms with Gasteiger partial charge in [0.25, 0.3) is 0 Å². The first-order chi connectivity index (χ1) is 8.16. The summed E-state index contributed by atoms with van der Waals surface area (Å²) in [5.74, 6) is 2.02. The third kappa shape index (κ3) is 3.49. The van der Waals surface area contributed by atoms with Crippen LogP contribution in [0, 0.1) is 5.92 Å². The van der Waals surface area contributed by atoms with Gasteiger partial charge in [0.2, 0.25) is 0 Å². The monoisotopic (exact) mass is 236 g/mol. The Hall–Kier alpha value is -1.49. The summed E-state index contributed by atoms with van der Waals surface area (Å²) in [5.41, 5.74) is 11.8. The minimum atomic E-state index is 0.383. The topological polar surface area (TPSA) is 77.4 Å². The van der Waals surface area contributed by atoms with Gasteiger partial charge in [-0.3, -0.25) is 0 Å². The van der Waals surface area contributed by atoms with Gasteiger partial charge in [-0.2, -0.15) is 0 Å². The highest BCUT2D eigenvalue weighted by molar-refractivity contribution is 5.61. The lowest BCUT2D eigenvalue weighted by Crippen LogP contribution is -2.24. The van der Waals surface area contributed by atoms with Crippen LogP contribution in [0.5, 0.6) is 0 Å². The van der Waals surface area contributed by atoms with Crippen LogP contribution < -0.4 is 16.4 Å². The minimum absolute atomic E-state index is 0.383. The van der Waals surface area contributed by atoms with Crippen molar-refractivity contribution in [1.82, 2.24) is 4.98 Å². The fraction of sp³-hybridized carbons (Fsp3) is 0.583. The molecule has 1 saturated carbocycles. The molecule has 0 aromatic carbocycles. The van der Waals surface area contributed by atoms with Gasteiger partial charge in [0.15, 0.2) is 0 Å². The molecule has 1 aromatic rings. The Morgan fingerprint density at radius 2 is 2.18 bits per heavy atom. The summed E-state index contributed by atoms with van der Waals surface area (Å²) in [6, 6.07) is 3.64. The smallest absolute Gasteiger partial charge is 0.149 e. The quantitative estimate of drug-likeness (QED) is 0.723. The molecular formula is C12H20N4O. The second kappa shape index (κ2) is 5.23. The van der Waals surface area contributed by atoms with Crippen molar-refractivity contribution in [2.24, 2.45) is 5.92 Å². The molecule has 0 bridgehead atoms. The number of nitrogens with zero attached hydrogens (tertiary/aromatic N) is 2. The summed E-state index contributed by atoms with van der Waals surface area (Å²) in [5, 5.41) is 0. The standard InChI is InChI=1S/C12H20N4O/c1-16(6-7-17-8-9-2-3-9)11-5-4-10(13)12(14)15-11/h4-5,9H,2-3,6-8,13H2,1H3,(H2,14,15). The van der Waals surface area contributed by atoms with Crippen molar-refractivity contribution in [2.75, 3.05) is 43.2 Å². The molecule has 5 heteroatoms. The summed E-state index contributed by atoms with van der Waals surface area (Å²) >= 11 is 0. The predicted molar refractivity (Wildman–Crippen MR) is 69.9 cm³/mol. The number of anilines is 3. The molecule has 1 aromatic heterocycles. The molecule has 5 nitrogen and oxygen atoms in total. The van der Waals surface area contributed by atoms with Gasteiger partial charge in [0.05, 0.1) is 12.3 Å². The number of aromatic nitrogens is 1. The lowest BCUT2D eigenvalue weighted by molar-refractivity contribution is 0.131. The normalized spacial score (nSPS) is 14.9. The Kier molecular flexibility index (Phi) is 3.68. The number of hydrogen-bond acceptors (Lipinski definition) is 5. The SMILES string of the molecule is CN(CCOCC1CC1)c1ccc(N)c(N)n1. The first-order valence-electron chi connectivity index (χ1n) is 5.97. The van der Waals surface area contributed by atoms with Crippen LogP contribution in [0.15, 0.2) is 12.1 Å². The molecule has 4 N–H and O–H groups in total. The molecule has 0 spiro atoms. The van der Waals surface area contributed by atoms with E-state index in [1.54, 1.807) is 6.07 Å². The van der Waals surface area contributed by atoms with Gasteiger partial charge in [-0.15, -0.1) is 0 Å². The Morgan fingerprint density at radius 3 is 2.82 bits per heavy atom. The lowest BCUT2D eigenvalue weighted by Gasteiger charge is -2.18. The molecule has 1 aliphatic rings. The zero-order valence-corrected chi connectivity index (χ0v) is 10.2. The average Bonchev–Trinajstić information content (AvgIpc) is 3.12. The minimum Gasteiger partial charge on any atom is -0.396 e. The number of likely N-dealkylation sites (N-methyl/N-ethyl adjacent to an activating group) is 1. The molecular weight excluding hydrogens is 216 g/mol. The van der Waals surface area contributed by atoms with E-state index in [2.05, 4.69) is 4.98 Å². The van der Waals surface area contributed by atoms with E-state index in [9.17, 15) is 0 Å². The van der Waals surface area contributed by atoms with Crippen LogP contribution in [0.1, 0.15) is 12.8 Å². The first-order valence-corrected chi connectivity index (χ1v) is 5.97. The van der Waals surface area contributed by atoms with Crippen LogP contribution in [0.3, 0.4) is 0 Å². The molecule has 1 aliphatic carbocycles. The van der Waals surface area contributed by atoms with Crippen LogP contribution in [-0.2, 0) is 4.74 Å². The molecule has 0 atom stereocenters. The number of rotatable bonds is 6. The summed E-state index contributed by atoms with van der Waals surface area (Å²) in [7, 11) is 1.97. The van der Waals surface area contributed by atoms with Crippen LogP contribution >= 0.6 is 0 Å². The molecule has 1 fully saturated rings. The number of hydrogen-bond donors (Lipinski definition) is 2. The molecule has 17 heavy (non-hydrogen) atoms. The van der Waals surface area contributed by atoms with Crippen LogP contribution in [0.25, 0.3) is 0 Å². The van der Waals surface area contributed by atoms with Gasteiger partial charge < -0.3 is 21.1 Å². The first kappa shape index (κ1) is 12.0. The van der Waals surface area contributed by atoms with Crippen molar-refractivity contribution in [3.05, 3.63) is 12.1 Å². The molecule has 2 rings (SSSR count). The maximum absolute atomic E-state index is 5.67. The largest absolute Gasteiger partial charge is 0.396 e. The maximum Gasteiger partial charge on any atom is 0.149 e. The third-order valence-corrected chi connectivity index (χ3v) is 2.96. The van der Waals surface area contributed by atoms with Gasteiger partial charge in [-0.1, -0.05) is 0 Å². The highest BCUT2D eigenvalue weighted by atomic mass is 16.5. The Morgan fingerprint density at radius 1 is 1.41 bits per heavy atom. The third-order valence-electron chi connectivity index (χ3n) is 2.96. The lowest BCUT2D eigenvalue weighted by atomic mass is 10.3.